The molecule has 0 atom stereocenters. The predicted molar refractivity (Wildman–Crippen MR) is 152 cm³/mol. The summed E-state index contributed by atoms with van der Waals surface area (Å²) in [7, 11) is 0. The highest BCUT2D eigenvalue weighted by molar-refractivity contribution is 6.12. The third kappa shape index (κ3) is 4.03. The molecular weight excluding hydrogens is 424 g/mol. The second-order valence-electron chi connectivity index (χ2n) is 12.0. The average molecular weight is 463 g/mol. The first-order valence-corrected chi connectivity index (χ1v) is 13.0. The van der Waals surface area contributed by atoms with Gasteiger partial charge in [0, 0.05) is 16.3 Å². The smallest absolute Gasteiger partial charge is 0.145 e. The molecule has 3 aromatic carbocycles. The van der Waals surface area contributed by atoms with Crippen molar-refractivity contribution in [2.45, 2.75) is 73.6 Å². The number of fused-ring (bicyclic) bond motifs is 6. The van der Waals surface area contributed by atoms with E-state index in [2.05, 4.69) is 120 Å². The van der Waals surface area contributed by atoms with Crippen molar-refractivity contribution < 1.29 is 0 Å². The molecule has 0 fully saturated rings. The van der Waals surface area contributed by atoms with Gasteiger partial charge in [0.25, 0.3) is 0 Å². The lowest BCUT2D eigenvalue weighted by molar-refractivity contribution is 0.411. The molecule has 0 N–H and O–H groups in total. The minimum absolute atomic E-state index is 0.243. The molecule has 0 aliphatic heterocycles. The molecule has 2 nitrogen and oxygen atoms in total. The minimum atomic E-state index is 0.243. The van der Waals surface area contributed by atoms with Gasteiger partial charge in [-0.2, -0.15) is 0 Å². The van der Waals surface area contributed by atoms with Gasteiger partial charge in [0.05, 0.1) is 16.9 Å². The maximum absolute atomic E-state index is 5.21. The summed E-state index contributed by atoms with van der Waals surface area (Å²) in [6.45, 7) is 18.3. The van der Waals surface area contributed by atoms with Gasteiger partial charge >= 0.3 is 0 Å². The van der Waals surface area contributed by atoms with Gasteiger partial charge in [0.15, 0.2) is 0 Å². The Bertz CT molecular complexity index is 1530. The van der Waals surface area contributed by atoms with Crippen molar-refractivity contribution in [3.05, 3.63) is 83.0 Å². The number of hydrogen-bond donors (Lipinski definition) is 0. The van der Waals surface area contributed by atoms with E-state index >= 15 is 0 Å². The van der Waals surface area contributed by atoms with Crippen molar-refractivity contribution in [1.29, 1.82) is 0 Å². The molecule has 35 heavy (non-hydrogen) atoms. The molecule has 0 unspecified atom stereocenters. The van der Waals surface area contributed by atoms with Crippen LogP contribution in [-0.2, 0) is 6.42 Å². The number of rotatable bonds is 4. The van der Waals surface area contributed by atoms with Crippen LogP contribution in [0.4, 0.5) is 0 Å². The van der Waals surface area contributed by atoms with Crippen LogP contribution in [0.25, 0.3) is 38.6 Å². The van der Waals surface area contributed by atoms with Gasteiger partial charge in [-0.15, -0.1) is 0 Å². The molecule has 0 aliphatic carbocycles. The summed E-state index contributed by atoms with van der Waals surface area (Å²) in [5.74, 6) is 0.859. The summed E-state index contributed by atoms with van der Waals surface area (Å²) < 4.78 is 2.45. The van der Waals surface area contributed by atoms with Crippen LogP contribution in [-0.4, -0.2) is 9.38 Å². The van der Waals surface area contributed by atoms with Crippen LogP contribution in [0.1, 0.15) is 82.7 Å². The van der Waals surface area contributed by atoms with Gasteiger partial charge in [-0.1, -0.05) is 97.0 Å². The summed E-state index contributed by atoms with van der Waals surface area (Å²) in [4.78, 5) is 5.21. The van der Waals surface area contributed by atoms with E-state index in [1.807, 2.05) is 0 Å². The van der Waals surface area contributed by atoms with Crippen LogP contribution in [0.15, 0.2) is 60.7 Å². The molecule has 180 valence electrons. The summed E-state index contributed by atoms with van der Waals surface area (Å²) in [6, 6.07) is 22.7. The summed E-state index contributed by atoms with van der Waals surface area (Å²) in [6.07, 6.45) is 1.05. The Balaban J connectivity index is 1.97. The third-order valence-electron chi connectivity index (χ3n) is 7.16. The maximum atomic E-state index is 5.21. The lowest BCUT2D eigenvalue weighted by Crippen LogP contribution is -2.09. The largest absolute Gasteiger partial charge is 0.291 e. The Morgan fingerprint density at radius 2 is 1.40 bits per heavy atom. The Morgan fingerprint density at radius 3 is 2.00 bits per heavy atom. The maximum Gasteiger partial charge on any atom is 0.145 e. The third-order valence-corrected chi connectivity index (χ3v) is 7.16. The first-order valence-electron chi connectivity index (χ1n) is 13.0. The molecule has 0 aliphatic rings. The van der Waals surface area contributed by atoms with Crippen molar-refractivity contribution in [2.24, 2.45) is 5.41 Å². The molecule has 0 radical (unpaired) electrons. The van der Waals surface area contributed by atoms with E-state index in [0.29, 0.717) is 11.8 Å². The van der Waals surface area contributed by atoms with Crippen LogP contribution in [0.5, 0.6) is 0 Å². The highest BCUT2D eigenvalue weighted by Gasteiger charge is 2.24. The topological polar surface area (TPSA) is 17.3 Å². The van der Waals surface area contributed by atoms with Gasteiger partial charge in [0.1, 0.15) is 5.65 Å². The first-order chi connectivity index (χ1) is 16.6. The second-order valence-corrected chi connectivity index (χ2v) is 12.0. The second kappa shape index (κ2) is 8.52. The number of benzene rings is 3. The number of hydrogen-bond acceptors (Lipinski definition) is 1. The van der Waals surface area contributed by atoms with Gasteiger partial charge in [0.2, 0.25) is 0 Å². The van der Waals surface area contributed by atoms with E-state index in [9.17, 15) is 0 Å². The van der Waals surface area contributed by atoms with Gasteiger partial charge in [-0.3, -0.25) is 4.40 Å². The SMILES string of the molecule is Cc1nc2c3ccccc3c3cc(CC(C)(C)C)ccc3n2c1-c1c(C(C)C)cccc1C(C)C. The quantitative estimate of drug-likeness (QED) is 0.243. The number of aromatic nitrogens is 2. The number of aryl methyl sites for hydroxylation is 1. The zero-order chi connectivity index (χ0) is 25.1. The molecule has 2 heterocycles. The lowest BCUT2D eigenvalue weighted by atomic mass is 9.86. The monoisotopic (exact) mass is 462 g/mol. The standard InChI is InChI=1S/C33H38N2/c1-20(2)24-14-11-15-25(21(3)4)30(24)31-22(5)34-32-27-13-10-9-12-26(27)28-18-23(19-33(6,7)8)16-17-29(28)35(31)32/h9-18,20-21H,19H2,1-8H3. The van der Waals surface area contributed by atoms with Crippen molar-refractivity contribution >= 4 is 27.3 Å². The normalized spacial score (nSPS) is 12.6. The Morgan fingerprint density at radius 1 is 0.771 bits per heavy atom. The lowest BCUT2D eigenvalue weighted by Gasteiger charge is -2.22. The number of pyridine rings is 1. The summed E-state index contributed by atoms with van der Waals surface area (Å²) >= 11 is 0. The molecule has 0 saturated carbocycles. The summed E-state index contributed by atoms with van der Waals surface area (Å²) in [5, 5.41) is 3.81. The van der Waals surface area contributed by atoms with E-state index in [-0.39, 0.29) is 5.41 Å². The van der Waals surface area contributed by atoms with Gasteiger partial charge in [-0.05, 0) is 64.8 Å². The average Bonchev–Trinajstić information content (AvgIpc) is 3.14. The van der Waals surface area contributed by atoms with Crippen molar-refractivity contribution in [3.63, 3.8) is 0 Å². The van der Waals surface area contributed by atoms with Crippen LogP contribution in [0.3, 0.4) is 0 Å². The molecular formula is C33H38N2. The zero-order valence-corrected chi connectivity index (χ0v) is 22.5. The molecule has 5 rings (SSSR count). The van der Waals surface area contributed by atoms with Gasteiger partial charge in [-0.25, -0.2) is 4.98 Å². The fourth-order valence-corrected chi connectivity index (χ4v) is 5.69. The fourth-order valence-electron chi connectivity index (χ4n) is 5.69. The van der Waals surface area contributed by atoms with Crippen molar-refractivity contribution in [3.8, 4) is 11.3 Å². The Labute approximate surface area is 210 Å². The van der Waals surface area contributed by atoms with E-state index in [1.54, 1.807) is 0 Å². The Kier molecular flexibility index (Phi) is 5.74. The van der Waals surface area contributed by atoms with Crippen LogP contribution < -0.4 is 0 Å². The van der Waals surface area contributed by atoms with Crippen LogP contribution in [0.2, 0.25) is 0 Å². The fraction of sp³-hybridized carbons (Fsp3) is 0.364. The Hall–Kier alpha value is -3.13. The highest BCUT2D eigenvalue weighted by Crippen LogP contribution is 2.41. The first kappa shape index (κ1) is 23.6. The molecule has 2 heteroatoms. The highest BCUT2D eigenvalue weighted by atomic mass is 15.0. The molecule has 0 bridgehead atoms. The van der Waals surface area contributed by atoms with Crippen LogP contribution >= 0.6 is 0 Å². The molecule has 5 aromatic rings. The molecule has 0 saturated heterocycles. The van der Waals surface area contributed by atoms with E-state index in [0.717, 1.165) is 17.8 Å². The number of nitrogens with zero attached hydrogens (tertiary/aromatic N) is 2. The minimum Gasteiger partial charge on any atom is -0.291 e. The summed E-state index contributed by atoms with van der Waals surface area (Å²) in [5.41, 5.74) is 10.4. The van der Waals surface area contributed by atoms with E-state index in [1.165, 1.54) is 49.6 Å². The van der Waals surface area contributed by atoms with E-state index < -0.39 is 0 Å². The zero-order valence-electron chi connectivity index (χ0n) is 22.5. The van der Waals surface area contributed by atoms with Crippen LogP contribution in [0, 0.1) is 12.3 Å². The molecule has 0 spiro atoms. The molecule has 0 amide bonds. The van der Waals surface area contributed by atoms with Crippen molar-refractivity contribution in [1.82, 2.24) is 9.38 Å². The van der Waals surface area contributed by atoms with E-state index in [4.69, 9.17) is 4.98 Å². The van der Waals surface area contributed by atoms with Crippen molar-refractivity contribution in [2.75, 3.05) is 0 Å². The molecule has 2 aromatic heterocycles. The van der Waals surface area contributed by atoms with Gasteiger partial charge < -0.3 is 0 Å². The number of imidazole rings is 1. The predicted octanol–water partition coefficient (Wildman–Crippen LogP) is 9.45.